The van der Waals surface area contributed by atoms with E-state index < -0.39 is 11.9 Å². The zero-order valence-electron chi connectivity index (χ0n) is 26.2. The van der Waals surface area contributed by atoms with E-state index in [4.69, 9.17) is 9.84 Å². The summed E-state index contributed by atoms with van der Waals surface area (Å²) >= 11 is 0. The molecule has 0 aliphatic heterocycles. The highest BCUT2D eigenvalue weighted by atomic mass is 16.5. The smallest absolute Gasteiger partial charge is 0.309 e. The molecule has 0 saturated heterocycles. The van der Waals surface area contributed by atoms with Gasteiger partial charge in [-0.3, -0.25) is 9.59 Å². The fourth-order valence-corrected chi connectivity index (χ4v) is 5.37. The van der Waals surface area contributed by atoms with Crippen molar-refractivity contribution in [1.29, 1.82) is 0 Å². The number of aliphatic carboxylic acids is 1. The Labute approximate surface area is 243 Å². The Kier molecular flexibility index (Phi) is 30.2. The van der Waals surface area contributed by atoms with Crippen molar-refractivity contribution in [2.75, 3.05) is 6.61 Å². The van der Waals surface area contributed by atoms with Crippen LogP contribution in [0.1, 0.15) is 187 Å². The van der Waals surface area contributed by atoms with E-state index in [1.54, 1.807) is 0 Å². The van der Waals surface area contributed by atoms with Crippen LogP contribution in [0, 0.1) is 5.92 Å². The van der Waals surface area contributed by atoms with E-state index in [1.807, 2.05) is 6.92 Å². The van der Waals surface area contributed by atoms with Crippen LogP contribution in [0.15, 0.2) is 12.2 Å². The van der Waals surface area contributed by atoms with E-state index >= 15 is 0 Å². The third-order valence-corrected chi connectivity index (χ3v) is 7.86. The molecule has 0 aromatic carbocycles. The molecular weight excluding hydrogens is 484 g/mol. The second kappa shape index (κ2) is 31.2. The van der Waals surface area contributed by atoms with Crippen molar-refractivity contribution in [2.24, 2.45) is 5.92 Å². The van der Waals surface area contributed by atoms with Crippen LogP contribution in [0.2, 0.25) is 0 Å². The van der Waals surface area contributed by atoms with Gasteiger partial charge >= 0.3 is 11.9 Å². The maximum absolute atomic E-state index is 12.0. The first-order valence-electron chi connectivity index (χ1n) is 17.1. The summed E-state index contributed by atoms with van der Waals surface area (Å²) in [5.41, 5.74) is 0. The molecule has 1 N–H and O–H groups in total. The number of carbonyl (C=O) groups is 2. The Morgan fingerprint density at radius 3 is 1.31 bits per heavy atom. The molecule has 0 aliphatic carbocycles. The van der Waals surface area contributed by atoms with Crippen LogP contribution in [0.25, 0.3) is 0 Å². The average molecular weight is 551 g/mol. The lowest BCUT2D eigenvalue weighted by Gasteiger charge is -2.13. The third kappa shape index (κ3) is 29.5. The summed E-state index contributed by atoms with van der Waals surface area (Å²) in [6.07, 6.45) is 38.2. The van der Waals surface area contributed by atoms with E-state index in [-0.39, 0.29) is 12.4 Å². The van der Waals surface area contributed by atoms with Crippen LogP contribution in [-0.2, 0) is 14.3 Å². The molecule has 0 bridgehead atoms. The molecule has 4 nitrogen and oxygen atoms in total. The summed E-state index contributed by atoms with van der Waals surface area (Å²) in [4.78, 5) is 23.1. The van der Waals surface area contributed by atoms with Gasteiger partial charge in [-0.05, 0) is 32.6 Å². The number of rotatable bonds is 31. The number of allylic oxidation sites excluding steroid dienone is 2. The molecule has 0 amide bonds. The number of carboxylic acids is 1. The Morgan fingerprint density at radius 2 is 0.974 bits per heavy atom. The van der Waals surface area contributed by atoms with Crippen molar-refractivity contribution in [1.82, 2.24) is 0 Å². The molecule has 4 heteroatoms. The SMILES string of the molecule is C/C=C/CCCCCCCCCCCCCCCCCCCCCCCCCC(CC(=O)O)C(=O)OCCC. The van der Waals surface area contributed by atoms with Crippen molar-refractivity contribution < 1.29 is 19.4 Å². The van der Waals surface area contributed by atoms with Gasteiger partial charge in [0.2, 0.25) is 0 Å². The van der Waals surface area contributed by atoms with Gasteiger partial charge < -0.3 is 9.84 Å². The lowest BCUT2D eigenvalue weighted by molar-refractivity contribution is -0.153. The zero-order valence-corrected chi connectivity index (χ0v) is 26.2. The van der Waals surface area contributed by atoms with Crippen LogP contribution in [0.3, 0.4) is 0 Å². The summed E-state index contributed by atoms with van der Waals surface area (Å²) in [7, 11) is 0. The molecule has 0 heterocycles. The Hall–Kier alpha value is -1.32. The van der Waals surface area contributed by atoms with Crippen LogP contribution in [0.4, 0.5) is 0 Å². The molecule has 1 atom stereocenters. The molecule has 0 spiro atoms. The first-order chi connectivity index (χ1) is 19.1. The van der Waals surface area contributed by atoms with E-state index in [2.05, 4.69) is 19.1 Å². The predicted octanol–water partition coefficient (Wildman–Crippen LogP) is 11.4. The average Bonchev–Trinajstić information content (AvgIpc) is 2.92. The van der Waals surface area contributed by atoms with Gasteiger partial charge in [0, 0.05) is 0 Å². The molecule has 0 aromatic heterocycles. The summed E-state index contributed by atoms with van der Waals surface area (Å²) in [5, 5.41) is 9.05. The minimum Gasteiger partial charge on any atom is -0.481 e. The van der Waals surface area contributed by atoms with Gasteiger partial charge in [0.1, 0.15) is 0 Å². The Balaban J connectivity index is 3.30. The van der Waals surface area contributed by atoms with E-state index in [0.717, 1.165) is 19.3 Å². The number of hydrogen-bond acceptors (Lipinski definition) is 3. The minimum atomic E-state index is -0.915. The topological polar surface area (TPSA) is 63.6 Å². The largest absolute Gasteiger partial charge is 0.481 e. The highest BCUT2D eigenvalue weighted by molar-refractivity contribution is 5.79. The third-order valence-electron chi connectivity index (χ3n) is 7.86. The molecule has 0 radical (unpaired) electrons. The predicted molar refractivity (Wildman–Crippen MR) is 167 cm³/mol. The minimum absolute atomic E-state index is 0.110. The van der Waals surface area contributed by atoms with Crippen molar-refractivity contribution in [3.05, 3.63) is 12.2 Å². The van der Waals surface area contributed by atoms with E-state index in [1.165, 1.54) is 141 Å². The molecule has 0 aliphatic rings. The van der Waals surface area contributed by atoms with Gasteiger partial charge in [-0.25, -0.2) is 0 Å². The van der Waals surface area contributed by atoms with Crippen molar-refractivity contribution in [3.63, 3.8) is 0 Å². The van der Waals surface area contributed by atoms with Gasteiger partial charge in [0.25, 0.3) is 0 Å². The second-order valence-electron chi connectivity index (χ2n) is 11.7. The Bertz CT molecular complexity index is 557. The maximum Gasteiger partial charge on any atom is 0.309 e. The van der Waals surface area contributed by atoms with E-state index in [0.29, 0.717) is 13.0 Å². The first kappa shape index (κ1) is 37.7. The maximum atomic E-state index is 12.0. The highest BCUT2D eigenvalue weighted by Gasteiger charge is 2.22. The van der Waals surface area contributed by atoms with Crippen LogP contribution in [0.5, 0.6) is 0 Å². The quantitative estimate of drug-likeness (QED) is 0.0529. The number of ether oxygens (including phenoxy) is 1. The van der Waals surface area contributed by atoms with Gasteiger partial charge in [-0.15, -0.1) is 0 Å². The molecule has 0 saturated carbocycles. The number of esters is 1. The second-order valence-corrected chi connectivity index (χ2v) is 11.7. The summed E-state index contributed by atoms with van der Waals surface area (Å²) in [6, 6.07) is 0. The van der Waals surface area contributed by atoms with Crippen LogP contribution < -0.4 is 0 Å². The van der Waals surface area contributed by atoms with Crippen molar-refractivity contribution in [3.8, 4) is 0 Å². The lowest BCUT2D eigenvalue weighted by atomic mass is 9.97. The number of unbranched alkanes of at least 4 members (excludes halogenated alkanes) is 23. The fourth-order valence-electron chi connectivity index (χ4n) is 5.37. The molecule has 0 fully saturated rings. The lowest BCUT2D eigenvalue weighted by Crippen LogP contribution is -2.21. The van der Waals surface area contributed by atoms with Gasteiger partial charge in [0.15, 0.2) is 0 Å². The number of carboxylic acid groups (broad SMARTS) is 1. The molecule has 230 valence electrons. The monoisotopic (exact) mass is 550 g/mol. The normalized spacial score (nSPS) is 12.3. The van der Waals surface area contributed by atoms with Gasteiger partial charge in [-0.1, -0.05) is 160 Å². The molecule has 39 heavy (non-hydrogen) atoms. The van der Waals surface area contributed by atoms with Crippen molar-refractivity contribution >= 4 is 11.9 Å². The zero-order chi connectivity index (χ0) is 28.7. The van der Waals surface area contributed by atoms with Gasteiger partial charge in [-0.2, -0.15) is 0 Å². The number of carbonyl (C=O) groups excluding carboxylic acids is 1. The first-order valence-corrected chi connectivity index (χ1v) is 17.1. The van der Waals surface area contributed by atoms with Gasteiger partial charge in [0.05, 0.1) is 18.9 Å². The summed E-state index contributed by atoms with van der Waals surface area (Å²) < 4.78 is 5.16. The summed E-state index contributed by atoms with van der Waals surface area (Å²) in [5.74, 6) is -1.73. The molecular formula is C35H66O4. The molecule has 0 aromatic rings. The summed E-state index contributed by atoms with van der Waals surface area (Å²) in [6.45, 7) is 4.44. The molecule has 0 rings (SSSR count). The Morgan fingerprint density at radius 1 is 0.615 bits per heavy atom. The van der Waals surface area contributed by atoms with Crippen LogP contribution >= 0.6 is 0 Å². The standard InChI is InChI=1S/C35H66O4/c1-3-5-6-7-8-9-10-11-12-13-14-15-16-17-18-19-20-21-22-23-24-25-26-27-28-29-30-33(32-34(36)37)35(38)39-31-4-2/h3,5,33H,4,6-32H2,1-2H3,(H,36,37)/b5-3+. The highest BCUT2D eigenvalue weighted by Crippen LogP contribution is 2.19. The van der Waals surface area contributed by atoms with E-state index in [9.17, 15) is 9.59 Å². The fraction of sp³-hybridized carbons (Fsp3) is 0.886. The van der Waals surface area contributed by atoms with Crippen molar-refractivity contribution in [2.45, 2.75) is 187 Å². The molecule has 1 unspecified atom stereocenters. The number of hydrogen-bond donors (Lipinski definition) is 1. The van der Waals surface area contributed by atoms with Crippen LogP contribution in [-0.4, -0.2) is 23.7 Å².